The fourth-order valence-electron chi connectivity index (χ4n) is 3.05. The quantitative estimate of drug-likeness (QED) is 0.438. The number of aromatic nitrogens is 3. The topological polar surface area (TPSA) is 73.0 Å². The van der Waals surface area contributed by atoms with E-state index in [2.05, 4.69) is 21.7 Å². The van der Waals surface area contributed by atoms with E-state index in [1.54, 1.807) is 41.2 Å². The first kappa shape index (κ1) is 19.5. The number of hydrogen-bond donors (Lipinski definition) is 1. The molecule has 3 aromatic heterocycles. The maximum Gasteiger partial charge on any atom is 0.206 e. The summed E-state index contributed by atoms with van der Waals surface area (Å²) in [7, 11) is -1.42. The Labute approximate surface area is 170 Å². The highest BCUT2D eigenvalue weighted by Crippen LogP contribution is 2.29. The van der Waals surface area contributed by atoms with Crippen molar-refractivity contribution in [2.24, 2.45) is 0 Å². The Morgan fingerprint density at radius 2 is 2.03 bits per heavy atom. The van der Waals surface area contributed by atoms with Crippen LogP contribution in [0, 0.1) is 5.82 Å². The molecule has 150 valence electrons. The minimum Gasteiger partial charge on any atom is -0.444 e. The minimum atomic E-state index is -1.42. The zero-order valence-corrected chi connectivity index (χ0v) is 16.8. The molecule has 0 spiro atoms. The van der Waals surface area contributed by atoms with Gasteiger partial charge in [0.25, 0.3) is 0 Å². The number of halogens is 1. The zero-order valence-electron chi connectivity index (χ0n) is 16.0. The Morgan fingerprint density at radius 3 is 2.86 bits per heavy atom. The first-order valence-electron chi connectivity index (χ1n) is 9.47. The van der Waals surface area contributed by atoms with Gasteiger partial charge >= 0.3 is 0 Å². The van der Waals surface area contributed by atoms with Gasteiger partial charge in [-0.1, -0.05) is 31.5 Å². The van der Waals surface area contributed by atoms with Crippen molar-refractivity contribution in [1.29, 1.82) is 0 Å². The lowest BCUT2D eigenvalue weighted by molar-refractivity contribution is 0.473. The first-order chi connectivity index (χ1) is 14.2. The lowest BCUT2D eigenvalue weighted by Crippen LogP contribution is -2.17. The Kier molecular flexibility index (Phi) is 5.82. The lowest BCUT2D eigenvalue weighted by Gasteiger charge is -2.04. The number of pyridine rings is 1. The molecule has 0 saturated carbocycles. The molecule has 0 aliphatic carbocycles. The van der Waals surface area contributed by atoms with Crippen molar-refractivity contribution in [3.63, 3.8) is 0 Å². The molecule has 8 heteroatoms. The predicted octanol–water partition coefficient (Wildman–Crippen LogP) is 4.29. The average molecular weight is 412 g/mol. The van der Waals surface area contributed by atoms with Crippen molar-refractivity contribution < 1.29 is 13.0 Å². The molecule has 0 fully saturated rings. The second-order valence-electron chi connectivity index (χ2n) is 6.61. The monoisotopic (exact) mass is 412 g/mol. The van der Waals surface area contributed by atoms with Crippen LogP contribution in [-0.2, 0) is 17.5 Å². The van der Waals surface area contributed by atoms with Crippen molar-refractivity contribution in [1.82, 2.24) is 19.5 Å². The predicted molar refractivity (Wildman–Crippen MR) is 110 cm³/mol. The highest BCUT2D eigenvalue weighted by molar-refractivity contribution is 7.82. The van der Waals surface area contributed by atoms with Crippen LogP contribution in [0.25, 0.3) is 22.5 Å². The third-order valence-corrected chi connectivity index (χ3v) is 5.60. The number of hydrogen-bond acceptors (Lipinski definition) is 4. The maximum absolute atomic E-state index is 14.1. The zero-order chi connectivity index (χ0) is 20.2. The van der Waals surface area contributed by atoms with Crippen LogP contribution >= 0.6 is 0 Å². The van der Waals surface area contributed by atoms with Crippen LogP contribution in [0.5, 0.6) is 0 Å². The molecule has 1 N–H and O–H groups in total. The van der Waals surface area contributed by atoms with Crippen molar-refractivity contribution >= 4 is 22.0 Å². The van der Waals surface area contributed by atoms with Crippen LogP contribution < -0.4 is 4.72 Å². The van der Waals surface area contributed by atoms with Gasteiger partial charge in [0.05, 0.1) is 11.9 Å². The molecule has 0 bridgehead atoms. The number of furan rings is 1. The van der Waals surface area contributed by atoms with Gasteiger partial charge in [-0.15, -0.1) is 0 Å². The van der Waals surface area contributed by atoms with Gasteiger partial charge in [-0.25, -0.2) is 23.0 Å². The molecule has 0 saturated heterocycles. The number of unbranched alkanes of at least 4 members (excludes halogenated alkanes) is 1. The molecule has 0 aliphatic heterocycles. The smallest absolute Gasteiger partial charge is 0.206 e. The van der Waals surface area contributed by atoms with Gasteiger partial charge in [0.15, 0.2) is 22.4 Å². The Morgan fingerprint density at radius 1 is 1.17 bits per heavy atom. The van der Waals surface area contributed by atoms with E-state index in [0.717, 1.165) is 18.2 Å². The molecule has 1 aromatic carbocycles. The summed E-state index contributed by atoms with van der Waals surface area (Å²) in [5.74, 6) is 0.207. The Hall–Kier alpha value is -2.84. The van der Waals surface area contributed by atoms with Gasteiger partial charge in [-0.3, -0.25) is 0 Å². The Bertz CT molecular complexity index is 1150. The van der Waals surface area contributed by atoms with E-state index < -0.39 is 11.0 Å². The van der Waals surface area contributed by atoms with Crippen LogP contribution in [-0.4, -0.2) is 25.5 Å². The molecule has 1 atom stereocenters. The van der Waals surface area contributed by atoms with Crippen molar-refractivity contribution in [3.05, 3.63) is 66.1 Å². The molecular formula is C21H21FN4O2S. The van der Waals surface area contributed by atoms with E-state index in [-0.39, 0.29) is 12.4 Å². The molecule has 4 rings (SSSR count). The largest absolute Gasteiger partial charge is 0.444 e. The molecule has 0 radical (unpaired) electrons. The minimum absolute atomic E-state index is 0.248. The van der Waals surface area contributed by atoms with E-state index in [0.29, 0.717) is 34.3 Å². The van der Waals surface area contributed by atoms with Gasteiger partial charge in [0.1, 0.15) is 11.5 Å². The SMILES string of the molecule is CCCCNS(=O)c1ccc(-c2nn(Cc3ccccc3F)c3ncccc23)o1. The molecule has 4 aromatic rings. The fourth-order valence-corrected chi connectivity index (χ4v) is 3.88. The third-order valence-electron chi connectivity index (χ3n) is 4.55. The van der Waals surface area contributed by atoms with Crippen molar-refractivity contribution in [3.8, 4) is 11.5 Å². The highest BCUT2D eigenvalue weighted by Gasteiger charge is 2.18. The van der Waals surface area contributed by atoms with E-state index in [9.17, 15) is 8.60 Å². The maximum atomic E-state index is 14.1. The molecular weight excluding hydrogens is 391 g/mol. The van der Waals surface area contributed by atoms with Crippen LogP contribution in [0.1, 0.15) is 25.3 Å². The van der Waals surface area contributed by atoms with Gasteiger partial charge < -0.3 is 4.42 Å². The number of nitrogens with one attached hydrogen (secondary N) is 1. The highest BCUT2D eigenvalue weighted by atomic mass is 32.2. The van der Waals surface area contributed by atoms with E-state index in [1.165, 1.54) is 6.07 Å². The van der Waals surface area contributed by atoms with Crippen LogP contribution in [0.15, 0.2) is 64.2 Å². The standard InChI is InChI=1S/C21H21FN4O2S/c1-2-3-13-24-29(27)19-11-10-18(28-19)20-16-8-6-12-23-21(16)26(25-20)14-15-7-4-5-9-17(15)22/h4-12,24H,2-3,13-14H2,1H3. The molecule has 1 unspecified atom stereocenters. The van der Waals surface area contributed by atoms with Gasteiger partial charge in [0.2, 0.25) is 5.09 Å². The third kappa shape index (κ3) is 4.13. The molecule has 6 nitrogen and oxygen atoms in total. The number of fused-ring (bicyclic) bond motifs is 1. The number of benzene rings is 1. The van der Waals surface area contributed by atoms with Crippen LogP contribution in [0.4, 0.5) is 4.39 Å². The van der Waals surface area contributed by atoms with Gasteiger partial charge in [0, 0.05) is 18.3 Å². The molecule has 0 aliphatic rings. The summed E-state index contributed by atoms with van der Waals surface area (Å²) in [5, 5.41) is 5.75. The van der Waals surface area contributed by atoms with Gasteiger partial charge in [-0.2, -0.15) is 5.10 Å². The molecule has 3 heterocycles. The lowest BCUT2D eigenvalue weighted by atomic mass is 10.2. The summed E-state index contributed by atoms with van der Waals surface area (Å²) in [6.07, 6.45) is 3.63. The van der Waals surface area contributed by atoms with Crippen molar-refractivity contribution in [2.75, 3.05) is 6.54 Å². The van der Waals surface area contributed by atoms with E-state index in [4.69, 9.17) is 4.42 Å². The molecule has 29 heavy (non-hydrogen) atoms. The summed E-state index contributed by atoms with van der Waals surface area (Å²) in [6, 6.07) is 13.7. The van der Waals surface area contributed by atoms with Crippen LogP contribution in [0.3, 0.4) is 0 Å². The summed E-state index contributed by atoms with van der Waals surface area (Å²) in [4.78, 5) is 4.41. The molecule has 0 amide bonds. The fraction of sp³-hybridized carbons (Fsp3) is 0.238. The normalized spacial score (nSPS) is 12.5. The van der Waals surface area contributed by atoms with Gasteiger partial charge in [-0.05, 0) is 36.8 Å². The van der Waals surface area contributed by atoms with E-state index >= 15 is 0 Å². The van der Waals surface area contributed by atoms with Crippen LogP contribution in [0.2, 0.25) is 0 Å². The second kappa shape index (κ2) is 8.67. The number of rotatable bonds is 8. The summed E-state index contributed by atoms with van der Waals surface area (Å²) in [5.41, 5.74) is 1.74. The summed E-state index contributed by atoms with van der Waals surface area (Å²) >= 11 is 0. The summed E-state index contributed by atoms with van der Waals surface area (Å²) < 4.78 is 36.9. The summed E-state index contributed by atoms with van der Waals surface area (Å²) in [6.45, 7) is 2.98. The average Bonchev–Trinajstić information content (AvgIpc) is 3.35. The number of nitrogens with zero attached hydrogens (tertiary/aromatic N) is 3. The Balaban J connectivity index is 1.67. The van der Waals surface area contributed by atoms with E-state index in [1.807, 2.05) is 12.1 Å². The second-order valence-corrected chi connectivity index (χ2v) is 7.84. The first-order valence-corrected chi connectivity index (χ1v) is 10.6. The van der Waals surface area contributed by atoms with Crippen molar-refractivity contribution in [2.45, 2.75) is 31.4 Å².